The number of carbonyl (C=O) groups excluding carboxylic acids is 2. The van der Waals surface area contributed by atoms with E-state index in [2.05, 4.69) is 20.0 Å². The van der Waals surface area contributed by atoms with Gasteiger partial charge in [-0.15, -0.1) is 5.01 Å². The molecule has 0 saturated carbocycles. The molecule has 1 saturated heterocycles. The van der Waals surface area contributed by atoms with Gasteiger partial charge >= 0.3 is 12.3 Å². The van der Waals surface area contributed by atoms with E-state index in [-0.39, 0.29) is 40.8 Å². The van der Waals surface area contributed by atoms with Crippen LogP contribution >= 0.6 is 0 Å². The number of hydrazine groups is 1. The number of aryl methyl sites for hydroxylation is 1. The lowest BCUT2D eigenvalue weighted by Gasteiger charge is -2.18. The second kappa shape index (κ2) is 13.2. The first kappa shape index (κ1) is 34.0. The number of sulfonamides is 1. The van der Waals surface area contributed by atoms with Crippen molar-refractivity contribution in [3.63, 3.8) is 0 Å². The molecule has 1 N–H and O–H groups in total. The van der Waals surface area contributed by atoms with Crippen molar-refractivity contribution in [2.45, 2.75) is 50.8 Å². The highest BCUT2D eigenvalue weighted by Crippen LogP contribution is 2.33. The Labute approximate surface area is 261 Å². The number of hydrogen-bond donors (Lipinski definition) is 1. The number of halogens is 3. The van der Waals surface area contributed by atoms with Crippen molar-refractivity contribution in [3.05, 3.63) is 71.1 Å². The molecule has 1 amide bonds. The van der Waals surface area contributed by atoms with Gasteiger partial charge in [-0.3, -0.25) is 4.79 Å². The Bertz CT molecular complexity index is 1700. The Morgan fingerprint density at radius 2 is 1.76 bits per heavy atom. The average molecular weight is 669 g/mol. The van der Waals surface area contributed by atoms with Gasteiger partial charge in [0.2, 0.25) is 11.2 Å². The largest absolute Gasteiger partial charge is 0.569 e. The number of benzene rings is 2. The lowest BCUT2D eigenvalue weighted by atomic mass is 10.1. The molecule has 14 nitrogen and oxygen atoms in total. The summed E-state index contributed by atoms with van der Waals surface area (Å²) in [5.41, 5.74) is -0.250. The van der Waals surface area contributed by atoms with Crippen LogP contribution in [0.1, 0.15) is 38.4 Å². The zero-order valence-electron chi connectivity index (χ0n) is 25.1. The topological polar surface area (TPSA) is 167 Å². The summed E-state index contributed by atoms with van der Waals surface area (Å²) in [5, 5.41) is 20.2. The molecule has 2 aromatic carbocycles. The summed E-state index contributed by atoms with van der Waals surface area (Å²) in [6.07, 6.45) is -5.63. The molecule has 2 heterocycles. The van der Waals surface area contributed by atoms with Gasteiger partial charge in [-0.2, -0.15) is 18.3 Å². The van der Waals surface area contributed by atoms with Crippen LogP contribution in [-0.4, -0.2) is 65.7 Å². The molecule has 4 rings (SSSR count). The van der Waals surface area contributed by atoms with Crippen LogP contribution in [0.4, 0.5) is 18.0 Å². The summed E-state index contributed by atoms with van der Waals surface area (Å²) in [5.74, 6) is -1.78. The standard InChI is InChI=1S/C28H31F3N6O8S/c1-18-5-7-19(8-6-18)23-15-24(28(29,30)31)32-36(23)21-9-11-22(12-10-21)46(41,42)33-25(38)20-13-14-35(16-20)37(40)34-44-17-43-26(39)45-27(2,3)4/h5-12,15,20H,13-14,16-17H2,1-4H3,(H,33,38)/b37-34-. The quantitative estimate of drug-likeness (QED) is 0.0842. The third kappa shape index (κ3) is 8.64. The van der Waals surface area contributed by atoms with Crippen molar-refractivity contribution in [2.24, 2.45) is 11.2 Å². The number of aromatic nitrogens is 2. The third-order valence-electron chi connectivity index (χ3n) is 6.50. The lowest BCUT2D eigenvalue weighted by molar-refractivity contribution is -0.708. The predicted octanol–water partition coefficient (Wildman–Crippen LogP) is 4.71. The van der Waals surface area contributed by atoms with Crippen LogP contribution in [0, 0.1) is 18.0 Å². The number of hydrogen-bond acceptors (Lipinski definition) is 10. The van der Waals surface area contributed by atoms with Crippen molar-refractivity contribution in [1.29, 1.82) is 0 Å². The maximum atomic E-state index is 13.5. The molecule has 0 radical (unpaired) electrons. The SMILES string of the molecule is Cc1ccc(-c2cc(C(F)(F)F)nn2-c2ccc(S(=O)(=O)NC(=O)C3CCN(/[N+]([O-])=N/OCOC(=O)OC(C)(C)C)C3)cc2)cc1. The number of ether oxygens (including phenoxy) is 2. The molecule has 0 bridgehead atoms. The van der Waals surface area contributed by atoms with Crippen LogP contribution < -0.4 is 4.72 Å². The number of alkyl halides is 3. The van der Waals surface area contributed by atoms with E-state index in [1.165, 1.54) is 12.1 Å². The molecule has 0 aliphatic carbocycles. The van der Waals surface area contributed by atoms with Crippen LogP contribution in [0.3, 0.4) is 0 Å². The first-order valence-corrected chi connectivity index (χ1v) is 15.2. The van der Waals surface area contributed by atoms with E-state index in [4.69, 9.17) is 4.74 Å². The molecule has 1 aromatic heterocycles. The lowest BCUT2D eigenvalue weighted by Crippen LogP contribution is -2.37. The molecule has 1 aliphatic rings. The second-order valence-corrected chi connectivity index (χ2v) is 12.9. The van der Waals surface area contributed by atoms with Crippen LogP contribution in [0.2, 0.25) is 0 Å². The summed E-state index contributed by atoms with van der Waals surface area (Å²) < 4.78 is 79.0. The fourth-order valence-corrected chi connectivity index (χ4v) is 5.32. The van der Waals surface area contributed by atoms with Crippen molar-refractivity contribution in [1.82, 2.24) is 19.5 Å². The molecule has 1 fully saturated rings. The molecule has 1 unspecified atom stereocenters. The molecular weight excluding hydrogens is 637 g/mol. The fourth-order valence-electron chi connectivity index (χ4n) is 4.28. The first-order valence-electron chi connectivity index (χ1n) is 13.8. The Kier molecular flexibility index (Phi) is 9.79. The summed E-state index contributed by atoms with van der Waals surface area (Å²) in [4.78, 5) is 28.6. The van der Waals surface area contributed by atoms with Crippen molar-refractivity contribution in [2.75, 3.05) is 19.9 Å². The van der Waals surface area contributed by atoms with Crippen molar-refractivity contribution < 1.29 is 50.5 Å². The summed E-state index contributed by atoms with van der Waals surface area (Å²) in [6, 6.07) is 12.5. The highest BCUT2D eigenvalue weighted by Gasteiger charge is 2.36. The van der Waals surface area contributed by atoms with E-state index in [0.29, 0.717) is 5.56 Å². The van der Waals surface area contributed by atoms with E-state index >= 15 is 0 Å². The van der Waals surface area contributed by atoms with E-state index in [9.17, 15) is 36.4 Å². The molecule has 0 spiro atoms. The average Bonchev–Trinajstić information content (AvgIpc) is 3.63. The monoisotopic (exact) mass is 668 g/mol. The normalized spacial score (nSPS) is 15.8. The second-order valence-electron chi connectivity index (χ2n) is 11.2. The molecule has 3 aromatic rings. The zero-order valence-corrected chi connectivity index (χ0v) is 26.0. The van der Waals surface area contributed by atoms with Crippen LogP contribution in [0.15, 0.2) is 64.8 Å². The minimum Gasteiger partial charge on any atom is -0.569 e. The van der Waals surface area contributed by atoms with Crippen molar-refractivity contribution >= 4 is 22.1 Å². The fraction of sp³-hybridized carbons (Fsp3) is 0.393. The Morgan fingerprint density at radius 3 is 2.37 bits per heavy atom. The highest BCUT2D eigenvalue weighted by atomic mass is 32.2. The summed E-state index contributed by atoms with van der Waals surface area (Å²) in [7, 11) is -4.39. The van der Waals surface area contributed by atoms with E-state index in [1.54, 1.807) is 45.0 Å². The third-order valence-corrected chi connectivity index (χ3v) is 7.86. The van der Waals surface area contributed by atoms with E-state index in [1.807, 2.05) is 11.6 Å². The molecular formula is C28H31F3N6O8S. The maximum absolute atomic E-state index is 13.5. The van der Waals surface area contributed by atoms with Gasteiger partial charge < -0.3 is 19.5 Å². The summed E-state index contributed by atoms with van der Waals surface area (Å²) >= 11 is 0. The number of carbonyl (C=O) groups is 2. The van der Waals surface area contributed by atoms with Gasteiger partial charge in [0.05, 0.1) is 40.3 Å². The number of rotatable bonds is 9. The van der Waals surface area contributed by atoms with E-state index < -0.39 is 52.3 Å². The molecule has 1 aliphatic heterocycles. The van der Waals surface area contributed by atoms with Gasteiger partial charge in [0.1, 0.15) is 5.60 Å². The molecule has 248 valence electrons. The summed E-state index contributed by atoms with van der Waals surface area (Å²) in [6.45, 7) is 5.87. The number of nitrogens with one attached hydrogen (secondary N) is 1. The van der Waals surface area contributed by atoms with E-state index in [0.717, 1.165) is 33.5 Å². The van der Waals surface area contributed by atoms with Crippen LogP contribution in [0.25, 0.3) is 16.9 Å². The predicted molar refractivity (Wildman–Crippen MR) is 153 cm³/mol. The Hall–Kier alpha value is -4.87. The van der Waals surface area contributed by atoms with Crippen molar-refractivity contribution in [3.8, 4) is 16.9 Å². The maximum Gasteiger partial charge on any atom is 0.511 e. The molecule has 46 heavy (non-hydrogen) atoms. The highest BCUT2D eigenvalue weighted by molar-refractivity contribution is 7.90. The van der Waals surface area contributed by atoms with Crippen LogP contribution in [-0.2, 0) is 35.3 Å². The minimum atomic E-state index is -4.71. The molecule has 1 atom stereocenters. The van der Waals surface area contributed by atoms with Gasteiger partial charge in [0.25, 0.3) is 16.8 Å². The van der Waals surface area contributed by atoms with Gasteiger partial charge in [-0.1, -0.05) is 29.8 Å². The van der Waals surface area contributed by atoms with Crippen LogP contribution in [0.5, 0.6) is 0 Å². The van der Waals surface area contributed by atoms with Gasteiger partial charge in [-0.05, 0) is 64.4 Å². The molecule has 18 heteroatoms. The smallest absolute Gasteiger partial charge is 0.511 e. The van der Waals surface area contributed by atoms with Gasteiger partial charge in [0, 0.05) is 5.56 Å². The number of amides is 1. The van der Waals surface area contributed by atoms with Gasteiger partial charge in [-0.25, -0.2) is 22.6 Å². The number of nitrogens with zero attached hydrogens (tertiary/aromatic N) is 5. The zero-order chi connectivity index (χ0) is 33.9. The Morgan fingerprint density at radius 1 is 1.11 bits per heavy atom. The minimum absolute atomic E-state index is 0.0449. The van der Waals surface area contributed by atoms with Gasteiger partial charge in [0.15, 0.2) is 5.69 Å². The Balaban J connectivity index is 1.39. The first-order chi connectivity index (χ1) is 21.4.